The van der Waals surface area contributed by atoms with Crippen LogP contribution in [0.2, 0.25) is 0 Å². The minimum atomic E-state index is -0.566. The zero-order valence-electron chi connectivity index (χ0n) is 7.67. The molecule has 0 aliphatic heterocycles. The maximum Gasteiger partial charge on any atom is 0.274 e. The number of nitrogens with one attached hydrogen (secondary N) is 1. The Balaban J connectivity index is 2.65. The van der Waals surface area contributed by atoms with E-state index >= 15 is 0 Å². The summed E-state index contributed by atoms with van der Waals surface area (Å²) >= 11 is 3.06. The average molecular weight is 278 g/mol. The van der Waals surface area contributed by atoms with E-state index in [-0.39, 0.29) is 18.8 Å². The molecule has 1 aromatic rings. The Labute approximate surface area is 94.1 Å². The molecule has 0 bridgehead atoms. The molecule has 0 aromatic heterocycles. The van der Waals surface area contributed by atoms with Gasteiger partial charge in [0.15, 0.2) is 0 Å². The molecule has 0 unspecified atom stereocenters. The first kappa shape index (κ1) is 12.1. The number of hydrogen-bond acceptors (Lipinski definition) is 3. The maximum atomic E-state index is 12.9. The number of amides is 1. The van der Waals surface area contributed by atoms with Crippen molar-refractivity contribution in [3.63, 3.8) is 0 Å². The first-order chi connectivity index (χ1) is 7.13. The fraction of sp³-hybridized carbons (Fsp3) is 0.222. The molecule has 82 valence electrons. The van der Waals surface area contributed by atoms with Crippen molar-refractivity contribution in [3.05, 3.63) is 34.1 Å². The van der Waals surface area contributed by atoms with Crippen LogP contribution in [0.25, 0.3) is 0 Å². The molecule has 15 heavy (non-hydrogen) atoms. The number of aliphatic hydroxyl groups excluding tert-OH is 1. The lowest BCUT2D eigenvalue weighted by molar-refractivity contribution is 0.0168. The summed E-state index contributed by atoms with van der Waals surface area (Å²) in [5.41, 5.74) is 2.21. The molecule has 1 rings (SSSR count). The van der Waals surface area contributed by atoms with Crippen molar-refractivity contribution in [2.45, 2.75) is 0 Å². The SMILES string of the molecule is O=C(NOCCO)c1cc(F)cc(Br)c1. The van der Waals surface area contributed by atoms with Crippen LogP contribution in [0.5, 0.6) is 0 Å². The lowest BCUT2D eigenvalue weighted by Crippen LogP contribution is -2.25. The van der Waals surface area contributed by atoms with Gasteiger partial charge in [-0.05, 0) is 18.2 Å². The van der Waals surface area contributed by atoms with Crippen molar-refractivity contribution in [2.24, 2.45) is 0 Å². The third-order valence-electron chi connectivity index (χ3n) is 1.48. The number of hydroxylamine groups is 1. The molecule has 0 heterocycles. The molecular formula is C9H9BrFNO3. The summed E-state index contributed by atoms with van der Waals surface area (Å²) in [6, 6.07) is 3.79. The number of carbonyl (C=O) groups is 1. The first-order valence-corrected chi connectivity index (χ1v) is 4.92. The zero-order chi connectivity index (χ0) is 11.3. The Morgan fingerprint density at radius 2 is 2.27 bits per heavy atom. The first-order valence-electron chi connectivity index (χ1n) is 4.12. The number of carbonyl (C=O) groups excluding carboxylic acids is 1. The number of benzene rings is 1. The monoisotopic (exact) mass is 277 g/mol. The van der Waals surface area contributed by atoms with Crippen LogP contribution in [0.1, 0.15) is 10.4 Å². The van der Waals surface area contributed by atoms with Gasteiger partial charge in [0, 0.05) is 10.0 Å². The summed E-state index contributed by atoms with van der Waals surface area (Å²) in [6.07, 6.45) is 0. The van der Waals surface area contributed by atoms with Crippen molar-refractivity contribution in [3.8, 4) is 0 Å². The summed E-state index contributed by atoms with van der Waals surface area (Å²) in [6.45, 7) is -0.213. The van der Waals surface area contributed by atoms with E-state index in [1.54, 1.807) is 0 Å². The predicted octanol–water partition coefficient (Wildman–Crippen LogP) is 1.24. The number of halogens is 2. The normalized spacial score (nSPS) is 10.1. The van der Waals surface area contributed by atoms with E-state index in [9.17, 15) is 9.18 Å². The minimum Gasteiger partial charge on any atom is -0.394 e. The summed E-state index contributed by atoms with van der Waals surface area (Å²) in [5, 5.41) is 8.39. The molecule has 0 radical (unpaired) electrons. The van der Waals surface area contributed by atoms with Crippen molar-refractivity contribution >= 4 is 21.8 Å². The molecule has 0 spiro atoms. The van der Waals surface area contributed by atoms with E-state index < -0.39 is 11.7 Å². The standard InChI is InChI=1S/C9H9BrFNO3/c10-7-3-6(4-8(11)5-7)9(14)12-15-2-1-13/h3-5,13H,1-2H2,(H,12,14). The van der Waals surface area contributed by atoms with Crippen LogP contribution in [0, 0.1) is 5.82 Å². The molecule has 4 nitrogen and oxygen atoms in total. The van der Waals surface area contributed by atoms with Crippen molar-refractivity contribution in [1.82, 2.24) is 5.48 Å². The van der Waals surface area contributed by atoms with Gasteiger partial charge in [-0.1, -0.05) is 15.9 Å². The molecule has 0 atom stereocenters. The Kier molecular flexibility index (Phi) is 4.67. The second-order valence-corrected chi connectivity index (χ2v) is 3.58. The van der Waals surface area contributed by atoms with Gasteiger partial charge in [-0.2, -0.15) is 0 Å². The molecule has 0 aliphatic rings. The largest absolute Gasteiger partial charge is 0.394 e. The lowest BCUT2D eigenvalue weighted by atomic mass is 10.2. The van der Waals surface area contributed by atoms with Crippen LogP contribution < -0.4 is 5.48 Å². The highest BCUT2D eigenvalue weighted by molar-refractivity contribution is 9.10. The smallest absolute Gasteiger partial charge is 0.274 e. The highest BCUT2D eigenvalue weighted by atomic mass is 79.9. The fourth-order valence-electron chi connectivity index (χ4n) is 0.906. The minimum absolute atomic E-state index is 0.0117. The van der Waals surface area contributed by atoms with E-state index in [2.05, 4.69) is 26.2 Å². The molecule has 2 N–H and O–H groups in total. The van der Waals surface area contributed by atoms with Gasteiger partial charge < -0.3 is 5.11 Å². The van der Waals surface area contributed by atoms with Crippen molar-refractivity contribution in [1.29, 1.82) is 0 Å². The highest BCUT2D eigenvalue weighted by Crippen LogP contribution is 2.14. The number of aliphatic hydroxyl groups is 1. The van der Waals surface area contributed by atoms with Crippen LogP contribution >= 0.6 is 15.9 Å². The summed E-state index contributed by atoms with van der Waals surface area (Å²) in [7, 11) is 0. The average Bonchev–Trinajstić information content (AvgIpc) is 2.16. The number of rotatable bonds is 4. The van der Waals surface area contributed by atoms with Gasteiger partial charge in [-0.15, -0.1) is 0 Å². The van der Waals surface area contributed by atoms with Gasteiger partial charge in [0.25, 0.3) is 5.91 Å². The summed E-state index contributed by atoms with van der Waals surface area (Å²) in [5.74, 6) is -1.08. The fourth-order valence-corrected chi connectivity index (χ4v) is 1.37. The summed E-state index contributed by atoms with van der Waals surface area (Å²) < 4.78 is 13.4. The molecule has 6 heteroatoms. The van der Waals surface area contributed by atoms with Gasteiger partial charge in [0.05, 0.1) is 13.2 Å². The van der Waals surface area contributed by atoms with Crippen LogP contribution in [0.4, 0.5) is 4.39 Å². The third kappa shape index (κ3) is 3.94. The Morgan fingerprint density at radius 1 is 1.53 bits per heavy atom. The van der Waals surface area contributed by atoms with E-state index in [1.807, 2.05) is 0 Å². The van der Waals surface area contributed by atoms with Crippen molar-refractivity contribution in [2.75, 3.05) is 13.2 Å². The molecule has 0 saturated heterocycles. The van der Waals surface area contributed by atoms with Crippen LogP contribution in [0.15, 0.2) is 22.7 Å². The van der Waals surface area contributed by atoms with Gasteiger partial charge in [-0.25, -0.2) is 9.87 Å². The van der Waals surface area contributed by atoms with Gasteiger partial charge in [0.2, 0.25) is 0 Å². The maximum absolute atomic E-state index is 12.9. The Morgan fingerprint density at radius 3 is 2.87 bits per heavy atom. The molecule has 0 saturated carbocycles. The Bertz CT molecular complexity index is 339. The van der Waals surface area contributed by atoms with E-state index in [0.29, 0.717) is 4.47 Å². The highest BCUT2D eigenvalue weighted by Gasteiger charge is 2.07. The van der Waals surface area contributed by atoms with Crippen molar-refractivity contribution < 1.29 is 19.1 Å². The van der Waals surface area contributed by atoms with Gasteiger partial charge in [-0.3, -0.25) is 9.63 Å². The molecule has 1 aromatic carbocycles. The molecular weight excluding hydrogens is 269 g/mol. The second-order valence-electron chi connectivity index (χ2n) is 2.66. The summed E-state index contributed by atoms with van der Waals surface area (Å²) in [4.78, 5) is 15.9. The Hall–Kier alpha value is -0.980. The quantitative estimate of drug-likeness (QED) is 0.643. The predicted molar refractivity (Wildman–Crippen MR) is 54.6 cm³/mol. The topological polar surface area (TPSA) is 58.6 Å². The third-order valence-corrected chi connectivity index (χ3v) is 1.94. The van der Waals surface area contributed by atoms with E-state index in [0.717, 1.165) is 6.07 Å². The van der Waals surface area contributed by atoms with Crippen LogP contribution in [-0.4, -0.2) is 24.2 Å². The zero-order valence-corrected chi connectivity index (χ0v) is 9.25. The van der Waals surface area contributed by atoms with Gasteiger partial charge >= 0.3 is 0 Å². The van der Waals surface area contributed by atoms with E-state index in [4.69, 9.17) is 5.11 Å². The van der Waals surface area contributed by atoms with Gasteiger partial charge in [0.1, 0.15) is 5.82 Å². The number of hydrogen-bond donors (Lipinski definition) is 2. The molecule has 1 amide bonds. The second kappa shape index (κ2) is 5.79. The molecule has 0 fully saturated rings. The molecule has 0 aliphatic carbocycles. The van der Waals surface area contributed by atoms with Crippen LogP contribution in [0.3, 0.4) is 0 Å². The van der Waals surface area contributed by atoms with Crippen LogP contribution in [-0.2, 0) is 4.84 Å². The van der Waals surface area contributed by atoms with E-state index in [1.165, 1.54) is 12.1 Å². The lowest BCUT2D eigenvalue weighted by Gasteiger charge is -2.04.